The summed E-state index contributed by atoms with van der Waals surface area (Å²) in [5, 5.41) is 5.26. The number of aromatic nitrogens is 1. The van der Waals surface area contributed by atoms with Crippen LogP contribution in [0, 0.1) is 6.92 Å². The second-order valence-electron chi connectivity index (χ2n) is 5.59. The zero-order valence-corrected chi connectivity index (χ0v) is 15.5. The van der Waals surface area contributed by atoms with Crippen molar-refractivity contribution in [3.8, 4) is 0 Å². The van der Waals surface area contributed by atoms with Crippen molar-refractivity contribution < 1.29 is 4.79 Å². The fraction of sp³-hybridized carbons (Fsp3) is 0.100. The number of halogens is 1. The summed E-state index contributed by atoms with van der Waals surface area (Å²) < 4.78 is 2.92. The smallest absolute Gasteiger partial charge is 0.272 e. The molecule has 1 aromatic heterocycles. The van der Waals surface area contributed by atoms with Gasteiger partial charge in [-0.05, 0) is 41.1 Å². The quantitative estimate of drug-likeness (QED) is 0.381. The Morgan fingerprint density at radius 2 is 1.96 bits per heavy atom. The van der Waals surface area contributed by atoms with Gasteiger partial charge < -0.3 is 4.57 Å². The van der Waals surface area contributed by atoms with Crippen molar-refractivity contribution in [2.75, 3.05) is 0 Å². The van der Waals surface area contributed by atoms with E-state index in [1.165, 1.54) is 0 Å². The van der Waals surface area contributed by atoms with Crippen LogP contribution < -0.4 is 5.43 Å². The van der Waals surface area contributed by atoms with Crippen LogP contribution in [0.4, 0.5) is 0 Å². The van der Waals surface area contributed by atoms with Gasteiger partial charge in [0.15, 0.2) is 0 Å². The molecule has 0 spiro atoms. The van der Waals surface area contributed by atoms with E-state index in [0.717, 1.165) is 33.2 Å². The maximum Gasteiger partial charge on any atom is 0.272 e. The van der Waals surface area contributed by atoms with Gasteiger partial charge in [0, 0.05) is 33.2 Å². The number of hydrogen-bond donors (Lipinski definition) is 1. The molecule has 1 N–H and O–H groups in total. The molecule has 0 bridgehead atoms. The molecule has 126 valence electrons. The van der Waals surface area contributed by atoms with Gasteiger partial charge in [-0.1, -0.05) is 36.4 Å². The molecule has 0 aliphatic rings. The molecule has 0 aliphatic heterocycles. The van der Waals surface area contributed by atoms with Crippen LogP contribution in [0.15, 0.2) is 70.8 Å². The Morgan fingerprint density at radius 1 is 1.24 bits per heavy atom. The van der Waals surface area contributed by atoms with E-state index in [9.17, 15) is 4.79 Å². The fourth-order valence-electron chi connectivity index (χ4n) is 2.85. The average Bonchev–Trinajstić information content (AvgIpc) is 2.88. The summed E-state index contributed by atoms with van der Waals surface area (Å²) in [5.74, 6) is -0.254. The molecule has 5 heteroatoms. The number of rotatable bonds is 5. The van der Waals surface area contributed by atoms with Crippen LogP contribution in [0.2, 0.25) is 0 Å². The summed E-state index contributed by atoms with van der Waals surface area (Å²) in [4.78, 5) is 12.2. The summed E-state index contributed by atoms with van der Waals surface area (Å²) in [7, 11) is 0. The molecule has 0 unspecified atom stereocenters. The van der Waals surface area contributed by atoms with Crippen molar-refractivity contribution in [2.24, 2.45) is 5.10 Å². The Kier molecular flexibility index (Phi) is 5.14. The Hall–Kier alpha value is -2.66. The van der Waals surface area contributed by atoms with Crippen LogP contribution in [-0.2, 0) is 6.54 Å². The molecule has 0 atom stereocenters. The van der Waals surface area contributed by atoms with Gasteiger partial charge in [0.2, 0.25) is 0 Å². The van der Waals surface area contributed by atoms with E-state index in [2.05, 4.69) is 49.7 Å². The number of benzene rings is 2. The van der Waals surface area contributed by atoms with Crippen molar-refractivity contribution in [3.05, 3.63) is 82.5 Å². The third-order valence-corrected chi connectivity index (χ3v) is 4.76. The van der Waals surface area contributed by atoms with Crippen molar-refractivity contribution >= 4 is 39.0 Å². The Bertz CT molecular complexity index is 972. The standard InChI is InChI=1S/C20H18BrN3O/c1-3-12-24-14(2)17(15-8-5-7-11-19(15)24)13-22-23-20(25)16-9-4-6-10-18(16)21/h3-11,13H,1,12H2,2H3,(H,23,25)/b22-13+. The fourth-order valence-corrected chi connectivity index (χ4v) is 3.31. The Balaban J connectivity index is 1.89. The molecular weight excluding hydrogens is 378 g/mol. The van der Waals surface area contributed by atoms with Crippen LogP contribution >= 0.6 is 15.9 Å². The number of hydrazone groups is 1. The molecule has 1 heterocycles. The van der Waals surface area contributed by atoms with Gasteiger partial charge in [0.25, 0.3) is 5.91 Å². The average molecular weight is 396 g/mol. The minimum atomic E-state index is -0.254. The van der Waals surface area contributed by atoms with Gasteiger partial charge in [-0.2, -0.15) is 5.10 Å². The molecule has 25 heavy (non-hydrogen) atoms. The first-order valence-electron chi connectivity index (χ1n) is 7.90. The molecule has 3 aromatic rings. The largest absolute Gasteiger partial charge is 0.340 e. The summed E-state index contributed by atoms with van der Waals surface area (Å²) >= 11 is 3.37. The lowest BCUT2D eigenvalue weighted by Gasteiger charge is -2.04. The predicted octanol–water partition coefficient (Wildman–Crippen LogP) is 4.66. The van der Waals surface area contributed by atoms with E-state index < -0.39 is 0 Å². The molecule has 0 saturated carbocycles. The molecule has 0 aliphatic carbocycles. The minimum Gasteiger partial charge on any atom is -0.340 e. The number of carbonyl (C=O) groups is 1. The highest BCUT2D eigenvalue weighted by Crippen LogP contribution is 2.24. The highest BCUT2D eigenvalue weighted by Gasteiger charge is 2.12. The highest BCUT2D eigenvalue weighted by atomic mass is 79.9. The number of amides is 1. The summed E-state index contributed by atoms with van der Waals surface area (Å²) in [6.45, 7) is 6.59. The lowest BCUT2D eigenvalue weighted by Crippen LogP contribution is -2.18. The predicted molar refractivity (Wildman–Crippen MR) is 106 cm³/mol. The van der Waals surface area contributed by atoms with E-state index in [1.54, 1.807) is 12.3 Å². The maximum absolute atomic E-state index is 12.2. The van der Waals surface area contributed by atoms with Gasteiger partial charge in [-0.15, -0.1) is 6.58 Å². The van der Waals surface area contributed by atoms with Gasteiger partial charge in [0.1, 0.15) is 0 Å². The van der Waals surface area contributed by atoms with E-state index in [4.69, 9.17) is 0 Å². The lowest BCUT2D eigenvalue weighted by atomic mass is 10.1. The molecular formula is C20H18BrN3O. The normalized spacial score (nSPS) is 11.1. The van der Waals surface area contributed by atoms with Crippen LogP contribution in [0.5, 0.6) is 0 Å². The first-order chi connectivity index (χ1) is 12.1. The number of nitrogens with one attached hydrogen (secondary N) is 1. The lowest BCUT2D eigenvalue weighted by molar-refractivity contribution is 0.0954. The minimum absolute atomic E-state index is 0.254. The number of allylic oxidation sites excluding steroid dienone is 1. The van der Waals surface area contributed by atoms with Crippen molar-refractivity contribution in [3.63, 3.8) is 0 Å². The molecule has 2 aromatic carbocycles. The zero-order valence-electron chi connectivity index (χ0n) is 13.9. The van der Waals surface area contributed by atoms with E-state index in [0.29, 0.717) is 5.56 Å². The van der Waals surface area contributed by atoms with Gasteiger partial charge in [0.05, 0.1) is 11.8 Å². The number of hydrogen-bond acceptors (Lipinski definition) is 2. The van der Waals surface area contributed by atoms with Crippen molar-refractivity contribution in [1.82, 2.24) is 9.99 Å². The van der Waals surface area contributed by atoms with Crippen LogP contribution in [0.25, 0.3) is 10.9 Å². The molecule has 3 rings (SSSR count). The first kappa shape index (κ1) is 17.2. The molecule has 1 amide bonds. The molecule has 0 radical (unpaired) electrons. The van der Waals surface area contributed by atoms with Gasteiger partial charge in [-0.3, -0.25) is 4.79 Å². The SMILES string of the molecule is C=CCn1c(C)c(/C=N/NC(=O)c2ccccc2Br)c2ccccc21. The third-order valence-electron chi connectivity index (χ3n) is 4.07. The Labute approximate surface area is 155 Å². The number of para-hydroxylation sites is 1. The molecule has 0 saturated heterocycles. The zero-order chi connectivity index (χ0) is 17.8. The topological polar surface area (TPSA) is 46.4 Å². The summed E-state index contributed by atoms with van der Waals surface area (Å²) in [5.41, 5.74) is 6.34. The Morgan fingerprint density at radius 3 is 2.72 bits per heavy atom. The summed E-state index contributed by atoms with van der Waals surface area (Å²) in [6, 6.07) is 15.4. The van der Waals surface area contributed by atoms with Gasteiger partial charge in [-0.25, -0.2) is 5.43 Å². The van der Waals surface area contributed by atoms with Crippen LogP contribution in [-0.4, -0.2) is 16.7 Å². The van der Waals surface area contributed by atoms with E-state index in [-0.39, 0.29) is 5.91 Å². The summed E-state index contributed by atoms with van der Waals surface area (Å²) in [6.07, 6.45) is 3.57. The molecule has 4 nitrogen and oxygen atoms in total. The van der Waals surface area contributed by atoms with Crippen LogP contribution in [0.3, 0.4) is 0 Å². The third kappa shape index (κ3) is 3.42. The van der Waals surface area contributed by atoms with Gasteiger partial charge >= 0.3 is 0 Å². The second-order valence-corrected chi connectivity index (χ2v) is 6.45. The maximum atomic E-state index is 12.2. The van der Waals surface area contributed by atoms with Crippen molar-refractivity contribution in [1.29, 1.82) is 0 Å². The van der Waals surface area contributed by atoms with Crippen molar-refractivity contribution in [2.45, 2.75) is 13.5 Å². The first-order valence-corrected chi connectivity index (χ1v) is 8.69. The van der Waals surface area contributed by atoms with E-state index >= 15 is 0 Å². The number of carbonyl (C=O) groups excluding carboxylic acids is 1. The molecule has 0 fully saturated rings. The van der Waals surface area contributed by atoms with Crippen LogP contribution in [0.1, 0.15) is 21.6 Å². The number of nitrogens with zero attached hydrogens (tertiary/aromatic N) is 2. The van der Waals surface area contributed by atoms with E-state index in [1.807, 2.05) is 43.3 Å². The highest BCUT2D eigenvalue weighted by molar-refractivity contribution is 9.10. The second kappa shape index (κ2) is 7.49. The number of fused-ring (bicyclic) bond motifs is 1. The monoisotopic (exact) mass is 395 g/mol.